The Bertz CT molecular complexity index is 1840. The molecular weight excluding hydrogens is 704 g/mol. The molecule has 51 heavy (non-hydrogen) atoms. The number of nitrogens with zero attached hydrogens (tertiary/aromatic N) is 4. The first-order chi connectivity index (χ1) is 23.5. The molecule has 6 rings (SSSR count). The molecule has 0 saturated heterocycles. The van der Waals surface area contributed by atoms with Gasteiger partial charge in [-0.05, 0) is 75.2 Å². The smallest absolute Gasteiger partial charge is 0.331 e. The van der Waals surface area contributed by atoms with Crippen LogP contribution in [-0.4, -0.2) is 19.0 Å². The molecule has 0 amide bonds. The van der Waals surface area contributed by atoms with Crippen molar-refractivity contribution in [3.63, 3.8) is 0 Å². The van der Waals surface area contributed by atoms with Crippen LogP contribution in [0.2, 0.25) is 0 Å². The molecule has 2 aliphatic heterocycles. The number of para-hydroxylation sites is 2. The zero-order chi connectivity index (χ0) is 37.6. The summed E-state index contributed by atoms with van der Waals surface area (Å²) in [5.74, 6) is 0. The van der Waals surface area contributed by atoms with Crippen molar-refractivity contribution in [2.75, 3.05) is 26.3 Å². The molecule has 16 heteroatoms. The lowest BCUT2D eigenvalue weighted by Crippen LogP contribution is -2.49. The number of anilines is 6. The first kappa shape index (κ1) is 36.0. The summed E-state index contributed by atoms with van der Waals surface area (Å²) >= 11 is 0. The molecule has 0 fully saturated rings. The Balaban J connectivity index is 1.62. The van der Waals surface area contributed by atoms with Crippen molar-refractivity contribution in [1.82, 2.24) is 0 Å². The highest BCUT2D eigenvalue weighted by Gasteiger charge is 2.50. The van der Waals surface area contributed by atoms with Gasteiger partial charge in [0.15, 0.2) is 0 Å². The lowest BCUT2D eigenvalue weighted by Gasteiger charge is -2.37. The first-order valence-corrected chi connectivity index (χ1v) is 15.4. The second kappa shape index (κ2) is 11.9. The molecule has 0 saturated carbocycles. The third kappa shape index (κ3) is 6.15. The van der Waals surface area contributed by atoms with E-state index in [0.717, 1.165) is 9.80 Å². The minimum absolute atomic E-state index is 0.000756. The fourth-order valence-electron chi connectivity index (χ4n) is 6.86. The van der Waals surface area contributed by atoms with Crippen molar-refractivity contribution >= 4 is 34.1 Å². The van der Waals surface area contributed by atoms with Crippen LogP contribution in [0.4, 0.5) is 86.8 Å². The Morgan fingerprint density at radius 3 is 1.10 bits per heavy atom. The van der Waals surface area contributed by atoms with Crippen LogP contribution in [0.25, 0.3) is 0 Å². The van der Waals surface area contributed by atoms with Crippen LogP contribution in [0.5, 0.6) is 0 Å². The van der Waals surface area contributed by atoms with Gasteiger partial charge in [0.2, 0.25) is 0 Å². The highest BCUT2D eigenvalue weighted by molar-refractivity contribution is 5.91. The van der Waals surface area contributed by atoms with E-state index in [9.17, 15) is 52.7 Å². The molecule has 0 aliphatic carbocycles. The van der Waals surface area contributed by atoms with E-state index in [2.05, 4.69) is 0 Å². The maximum atomic E-state index is 14.7. The summed E-state index contributed by atoms with van der Waals surface area (Å²) in [7, 11) is 0. The van der Waals surface area contributed by atoms with Crippen molar-refractivity contribution in [3.8, 4) is 0 Å². The Morgan fingerprint density at radius 1 is 0.471 bits per heavy atom. The molecular formula is C35H28F12N4. The molecule has 4 aromatic carbocycles. The molecule has 0 spiro atoms. The first-order valence-electron chi connectivity index (χ1n) is 15.4. The zero-order valence-corrected chi connectivity index (χ0v) is 27.1. The normalized spacial score (nSPS) is 18.1. The summed E-state index contributed by atoms with van der Waals surface area (Å²) < 4.78 is 173. The lowest BCUT2D eigenvalue weighted by molar-refractivity contribution is -0.144. The second-order valence-corrected chi connectivity index (χ2v) is 12.4. The minimum Gasteiger partial charge on any atom is -0.331 e. The predicted octanol–water partition coefficient (Wildman–Crippen LogP) is 11.6. The molecule has 0 aromatic heterocycles. The van der Waals surface area contributed by atoms with E-state index < -0.39 is 88.7 Å². The maximum Gasteiger partial charge on any atom is 0.418 e. The van der Waals surface area contributed by atoms with Crippen molar-refractivity contribution in [2.45, 2.75) is 64.7 Å². The van der Waals surface area contributed by atoms with Crippen molar-refractivity contribution < 1.29 is 52.7 Å². The molecule has 2 unspecified atom stereocenters. The van der Waals surface area contributed by atoms with E-state index in [1.54, 1.807) is 38.1 Å². The summed E-state index contributed by atoms with van der Waals surface area (Å²) in [5.41, 5.74) is -7.55. The van der Waals surface area contributed by atoms with Gasteiger partial charge in [0.25, 0.3) is 0 Å². The second-order valence-electron chi connectivity index (χ2n) is 12.4. The standard InChI is InChI=1S/C35H28F12N4/c1-18-9-5-7-11-26(18)50-20(3)48(28-15-22(32(36,37)38)13-24(30(28)50)34(42,43)44)17-49-21(4)51(27-12-8-6-10-19(27)2)31-25(35(45,46)47)14-23(16-29(31)49)33(39,40)41/h5-16,20-21H,17H2,1-4H3. The maximum absolute atomic E-state index is 14.7. The van der Waals surface area contributed by atoms with Gasteiger partial charge in [0.05, 0.1) is 51.7 Å². The lowest BCUT2D eigenvalue weighted by atomic mass is 10.0. The van der Waals surface area contributed by atoms with Crippen LogP contribution in [0, 0.1) is 13.8 Å². The fraction of sp³-hybridized carbons (Fsp3) is 0.314. The van der Waals surface area contributed by atoms with Crippen LogP contribution in [0.1, 0.15) is 47.2 Å². The Labute approximate surface area is 284 Å². The number of aryl methyl sites for hydroxylation is 2. The topological polar surface area (TPSA) is 13.0 Å². The number of fused-ring (bicyclic) bond motifs is 2. The number of halogens is 12. The molecule has 4 nitrogen and oxygen atoms in total. The van der Waals surface area contributed by atoms with Gasteiger partial charge in [-0.1, -0.05) is 36.4 Å². The highest BCUT2D eigenvalue weighted by Crippen LogP contribution is 2.56. The van der Waals surface area contributed by atoms with E-state index in [1.807, 2.05) is 0 Å². The molecule has 272 valence electrons. The van der Waals surface area contributed by atoms with Gasteiger partial charge in [-0.15, -0.1) is 0 Å². The number of hydrogen-bond acceptors (Lipinski definition) is 4. The third-order valence-electron chi connectivity index (χ3n) is 9.25. The largest absolute Gasteiger partial charge is 0.418 e. The molecule has 0 radical (unpaired) electrons. The number of hydrogen-bond donors (Lipinski definition) is 0. The van der Waals surface area contributed by atoms with Crippen LogP contribution in [0.15, 0.2) is 72.8 Å². The van der Waals surface area contributed by atoms with Gasteiger partial charge in [-0.2, -0.15) is 52.7 Å². The summed E-state index contributed by atoms with van der Waals surface area (Å²) in [6, 6.07) is 13.4. The predicted molar refractivity (Wildman–Crippen MR) is 168 cm³/mol. The molecule has 0 bridgehead atoms. The molecule has 0 N–H and O–H groups in total. The van der Waals surface area contributed by atoms with Crippen molar-refractivity contribution in [2.24, 2.45) is 0 Å². The van der Waals surface area contributed by atoms with Gasteiger partial charge in [-0.25, -0.2) is 0 Å². The number of rotatable bonds is 4. The van der Waals surface area contributed by atoms with Crippen molar-refractivity contribution in [3.05, 3.63) is 106 Å². The van der Waals surface area contributed by atoms with Crippen LogP contribution in [-0.2, 0) is 24.7 Å². The molecule has 2 atom stereocenters. The van der Waals surface area contributed by atoms with E-state index in [0.29, 0.717) is 23.3 Å². The van der Waals surface area contributed by atoms with E-state index in [4.69, 9.17) is 0 Å². The van der Waals surface area contributed by atoms with E-state index in [-0.39, 0.29) is 23.5 Å². The quantitative estimate of drug-likeness (QED) is 0.194. The molecule has 2 aliphatic rings. The summed E-state index contributed by atoms with van der Waals surface area (Å²) in [6.45, 7) is 5.25. The average Bonchev–Trinajstić information content (AvgIpc) is 3.44. The van der Waals surface area contributed by atoms with Crippen molar-refractivity contribution in [1.29, 1.82) is 0 Å². The zero-order valence-electron chi connectivity index (χ0n) is 27.1. The monoisotopic (exact) mass is 732 g/mol. The van der Waals surface area contributed by atoms with Gasteiger partial charge in [-0.3, -0.25) is 0 Å². The fourth-order valence-corrected chi connectivity index (χ4v) is 6.86. The Hall–Kier alpha value is -4.76. The summed E-state index contributed by atoms with van der Waals surface area (Å²) in [5, 5.41) is 0. The van der Waals surface area contributed by atoms with E-state index >= 15 is 0 Å². The third-order valence-corrected chi connectivity index (χ3v) is 9.25. The average molecular weight is 733 g/mol. The summed E-state index contributed by atoms with van der Waals surface area (Å²) in [4.78, 5) is 4.62. The number of alkyl halides is 12. The van der Waals surface area contributed by atoms with Crippen LogP contribution < -0.4 is 19.6 Å². The van der Waals surface area contributed by atoms with Crippen LogP contribution in [0.3, 0.4) is 0 Å². The highest BCUT2D eigenvalue weighted by atomic mass is 19.4. The SMILES string of the molecule is Cc1ccccc1N1c2c(cc(C(F)(F)F)cc2C(F)(F)F)N(CN2c3cc(C(F)(F)F)cc(C(F)(F)F)c3N(c3ccccc3C)C2C)C1C. The van der Waals surface area contributed by atoms with Crippen LogP contribution >= 0.6 is 0 Å². The molecule has 4 aromatic rings. The number of benzene rings is 4. The Morgan fingerprint density at radius 2 is 0.804 bits per heavy atom. The van der Waals surface area contributed by atoms with E-state index in [1.165, 1.54) is 47.9 Å². The van der Waals surface area contributed by atoms with Gasteiger partial charge in [0.1, 0.15) is 12.3 Å². The van der Waals surface area contributed by atoms with Gasteiger partial charge in [0, 0.05) is 11.4 Å². The summed E-state index contributed by atoms with van der Waals surface area (Å²) in [6.07, 6.45) is -23.5. The van der Waals surface area contributed by atoms with Gasteiger partial charge < -0.3 is 19.6 Å². The minimum atomic E-state index is -5.29. The van der Waals surface area contributed by atoms with Gasteiger partial charge >= 0.3 is 24.7 Å². The Kier molecular flexibility index (Phi) is 8.41. The molecule has 2 heterocycles.